The van der Waals surface area contributed by atoms with Crippen LogP contribution in [0.3, 0.4) is 0 Å². The van der Waals surface area contributed by atoms with Crippen LogP contribution >= 0.6 is 0 Å². The lowest BCUT2D eigenvalue weighted by Crippen LogP contribution is -2.06. The van der Waals surface area contributed by atoms with Gasteiger partial charge in [-0.3, -0.25) is 0 Å². The normalized spacial score (nSPS) is 20.2. The minimum absolute atomic E-state index is 0.573. The van der Waals surface area contributed by atoms with Crippen LogP contribution in [0.5, 0.6) is 0 Å². The summed E-state index contributed by atoms with van der Waals surface area (Å²) >= 11 is 0. The Morgan fingerprint density at radius 3 is 2.32 bits per heavy atom. The number of benzene rings is 1. The summed E-state index contributed by atoms with van der Waals surface area (Å²) < 4.78 is 37.4. The first-order valence-electron chi connectivity index (χ1n) is 6.87. The molecule has 104 valence electrons. The molecule has 1 unspecified atom stereocenters. The lowest BCUT2D eigenvalue weighted by Gasteiger charge is -2.21. The lowest BCUT2D eigenvalue weighted by molar-refractivity contribution is -0.137. The number of alkyl halides is 3. The maximum atomic E-state index is 12.5. The molecule has 0 fully saturated rings. The van der Waals surface area contributed by atoms with Crippen LogP contribution in [0.25, 0.3) is 5.57 Å². The van der Waals surface area contributed by atoms with E-state index in [2.05, 4.69) is 13.0 Å². The van der Waals surface area contributed by atoms with Crippen LogP contribution in [0.15, 0.2) is 30.3 Å². The third-order valence-electron chi connectivity index (χ3n) is 3.80. The molecular weight excluding hydrogens is 249 g/mol. The first kappa shape index (κ1) is 14.2. The van der Waals surface area contributed by atoms with Crippen molar-refractivity contribution in [3.8, 4) is 0 Å². The molecule has 0 N–H and O–H groups in total. The van der Waals surface area contributed by atoms with Gasteiger partial charge in [-0.05, 0) is 48.4 Å². The van der Waals surface area contributed by atoms with Crippen LogP contribution in [0.2, 0.25) is 0 Å². The van der Waals surface area contributed by atoms with Crippen LogP contribution in [0.1, 0.15) is 50.2 Å². The largest absolute Gasteiger partial charge is 0.416 e. The molecule has 1 aliphatic rings. The number of hydrogen-bond donors (Lipinski definition) is 0. The second kappa shape index (κ2) is 5.81. The molecule has 3 heteroatoms. The Labute approximate surface area is 112 Å². The second-order valence-electron chi connectivity index (χ2n) is 5.23. The van der Waals surface area contributed by atoms with E-state index >= 15 is 0 Å². The van der Waals surface area contributed by atoms with Crippen molar-refractivity contribution in [1.82, 2.24) is 0 Å². The summed E-state index contributed by atoms with van der Waals surface area (Å²) in [6.07, 6.45) is 3.60. The lowest BCUT2D eigenvalue weighted by atomic mass is 9.84. The van der Waals surface area contributed by atoms with Crippen LogP contribution in [0.4, 0.5) is 13.2 Å². The zero-order valence-electron chi connectivity index (χ0n) is 11.1. The highest BCUT2D eigenvalue weighted by atomic mass is 19.4. The van der Waals surface area contributed by atoms with Gasteiger partial charge in [-0.1, -0.05) is 38.0 Å². The zero-order valence-corrected chi connectivity index (χ0v) is 11.1. The molecule has 0 heterocycles. The molecule has 1 aliphatic carbocycles. The molecule has 1 atom stereocenters. The Morgan fingerprint density at radius 2 is 1.84 bits per heavy atom. The summed E-state index contributed by atoms with van der Waals surface area (Å²) in [6.45, 7) is 2.19. The van der Waals surface area contributed by atoms with E-state index in [4.69, 9.17) is 0 Å². The van der Waals surface area contributed by atoms with Crippen molar-refractivity contribution < 1.29 is 13.2 Å². The van der Waals surface area contributed by atoms with Crippen molar-refractivity contribution >= 4 is 5.57 Å². The van der Waals surface area contributed by atoms with E-state index in [0.29, 0.717) is 0 Å². The van der Waals surface area contributed by atoms with Gasteiger partial charge in [0.1, 0.15) is 0 Å². The Bertz CT molecular complexity index is 440. The van der Waals surface area contributed by atoms with Crippen LogP contribution < -0.4 is 0 Å². The summed E-state index contributed by atoms with van der Waals surface area (Å²) in [6, 6.07) is 5.53. The highest BCUT2D eigenvalue weighted by molar-refractivity contribution is 5.66. The van der Waals surface area contributed by atoms with Gasteiger partial charge in [-0.2, -0.15) is 13.2 Å². The maximum absolute atomic E-state index is 12.5. The Balaban J connectivity index is 2.07. The van der Waals surface area contributed by atoms with Gasteiger partial charge in [0.15, 0.2) is 0 Å². The minimum atomic E-state index is -4.24. The smallest absolute Gasteiger partial charge is 0.166 e. The summed E-state index contributed by atoms with van der Waals surface area (Å²) in [4.78, 5) is 0. The van der Waals surface area contributed by atoms with Gasteiger partial charge in [0.25, 0.3) is 0 Å². The molecule has 0 radical (unpaired) electrons. The van der Waals surface area contributed by atoms with Crippen molar-refractivity contribution in [3.63, 3.8) is 0 Å². The van der Waals surface area contributed by atoms with Crippen molar-refractivity contribution in [2.45, 2.75) is 45.2 Å². The Morgan fingerprint density at radius 1 is 1.16 bits per heavy atom. The van der Waals surface area contributed by atoms with E-state index < -0.39 is 11.7 Å². The average molecular weight is 268 g/mol. The van der Waals surface area contributed by atoms with Gasteiger partial charge in [-0.15, -0.1) is 0 Å². The van der Waals surface area contributed by atoms with Crippen molar-refractivity contribution in [2.75, 3.05) is 0 Å². The minimum Gasteiger partial charge on any atom is -0.166 e. The first-order chi connectivity index (χ1) is 9.00. The summed E-state index contributed by atoms with van der Waals surface area (Å²) in [7, 11) is 0. The second-order valence-corrected chi connectivity index (χ2v) is 5.23. The van der Waals surface area contributed by atoms with E-state index in [1.54, 1.807) is 12.1 Å². The predicted molar refractivity (Wildman–Crippen MR) is 71.7 cm³/mol. The molecule has 0 aliphatic heterocycles. The fraction of sp³-hybridized carbons (Fsp3) is 0.500. The SMILES string of the molecule is CCCC1CC=C(c2ccc(C(F)(F)F)cc2)CC1. The molecule has 2 rings (SSSR count). The highest BCUT2D eigenvalue weighted by Crippen LogP contribution is 2.34. The molecular formula is C16H19F3. The van der Waals surface area contributed by atoms with E-state index in [1.165, 1.54) is 30.5 Å². The van der Waals surface area contributed by atoms with Gasteiger partial charge >= 0.3 is 6.18 Å². The van der Waals surface area contributed by atoms with Gasteiger partial charge < -0.3 is 0 Å². The van der Waals surface area contributed by atoms with Crippen molar-refractivity contribution in [3.05, 3.63) is 41.5 Å². The van der Waals surface area contributed by atoms with Gasteiger partial charge in [0.05, 0.1) is 5.56 Å². The van der Waals surface area contributed by atoms with Crippen molar-refractivity contribution in [2.24, 2.45) is 5.92 Å². The van der Waals surface area contributed by atoms with Gasteiger partial charge in [-0.25, -0.2) is 0 Å². The quantitative estimate of drug-likeness (QED) is 0.660. The van der Waals surface area contributed by atoms with E-state index in [1.807, 2.05) is 0 Å². The molecule has 19 heavy (non-hydrogen) atoms. The fourth-order valence-electron chi connectivity index (χ4n) is 2.69. The number of rotatable bonds is 3. The Kier molecular flexibility index (Phi) is 4.33. The molecule has 0 nitrogen and oxygen atoms in total. The molecule has 0 aromatic heterocycles. The van der Waals surface area contributed by atoms with Crippen LogP contribution in [-0.2, 0) is 6.18 Å². The predicted octanol–water partition coefficient (Wildman–Crippen LogP) is 5.69. The molecule has 0 saturated carbocycles. The average Bonchev–Trinajstić information content (AvgIpc) is 2.39. The monoisotopic (exact) mass is 268 g/mol. The molecule has 0 amide bonds. The van der Waals surface area contributed by atoms with Crippen LogP contribution in [0, 0.1) is 5.92 Å². The number of hydrogen-bond acceptors (Lipinski definition) is 0. The van der Waals surface area contributed by atoms with Crippen molar-refractivity contribution in [1.29, 1.82) is 0 Å². The molecule has 0 saturated heterocycles. The van der Waals surface area contributed by atoms with Crippen LogP contribution in [-0.4, -0.2) is 0 Å². The fourth-order valence-corrected chi connectivity index (χ4v) is 2.69. The number of allylic oxidation sites excluding steroid dienone is 2. The molecule has 0 spiro atoms. The topological polar surface area (TPSA) is 0 Å². The summed E-state index contributed by atoms with van der Waals surface area (Å²) in [5.74, 6) is 0.753. The summed E-state index contributed by atoms with van der Waals surface area (Å²) in [5.41, 5.74) is 1.56. The van der Waals surface area contributed by atoms with E-state index in [0.717, 1.165) is 30.7 Å². The standard InChI is InChI=1S/C16H19F3/c1-2-3-12-4-6-13(7-5-12)14-8-10-15(11-9-14)16(17,18)19/h6,8-12H,2-5,7H2,1H3. The third-order valence-corrected chi connectivity index (χ3v) is 3.80. The summed E-state index contributed by atoms with van der Waals surface area (Å²) in [5, 5.41) is 0. The zero-order chi connectivity index (χ0) is 13.9. The van der Waals surface area contributed by atoms with E-state index in [9.17, 15) is 13.2 Å². The third kappa shape index (κ3) is 3.62. The van der Waals surface area contributed by atoms with Gasteiger partial charge in [0.2, 0.25) is 0 Å². The highest BCUT2D eigenvalue weighted by Gasteiger charge is 2.30. The van der Waals surface area contributed by atoms with Gasteiger partial charge in [0, 0.05) is 0 Å². The molecule has 1 aromatic carbocycles. The maximum Gasteiger partial charge on any atom is 0.416 e. The molecule has 1 aromatic rings. The number of halogens is 3. The molecule has 0 bridgehead atoms. The first-order valence-corrected chi connectivity index (χ1v) is 6.87. The van der Waals surface area contributed by atoms with E-state index in [-0.39, 0.29) is 0 Å². The Hall–Kier alpha value is -1.25.